The van der Waals surface area contributed by atoms with Crippen molar-refractivity contribution in [2.24, 2.45) is 0 Å². The van der Waals surface area contributed by atoms with Crippen molar-refractivity contribution < 1.29 is 14.7 Å². The SMILES string of the molecule is CCc1ccccc1C(=O)NC(C)c1nc(C)c(C(=O)O)s1. The number of thiazole rings is 1. The lowest BCUT2D eigenvalue weighted by Crippen LogP contribution is -2.27. The van der Waals surface area contributed by atoms with Crippen LogP contribution in [-0.4, -0.2) is 22.0 Å². The van der Waals surface area contributed by atoms with E-state index >= 15 is 0 Å². The molecule has 0 aliphatic rings. The molecular formula is C16H18N2O3S. The van der Waals surface area contributed by atoms with E-state index in [1.807, 2.05) is 25.1 Å². The summed E-state index contributed by atoms with van der Waals surface area (Å²) in [6, 6.07) is 7.11. The molecule has 6 heteroatoms. The summed E-state index contributed by atoms with van der Waals surface area (Å²) in [6.07, 6.45) is 0.775. The Morgan fingerprint density at radius 1 is 1.36 bits per heavy atom. The van der Waals surface area contributed by atoms with Crippen LogP contribution in [0.5, 0.6) is 0 Å². The molecule has 1 heterocycles. The lowest BCUT2D eigenvalue weighted by molar-refractivity contribution is 0.0701. The molecule has 5 nitrogen and oxygen atoms in total. The summed E-state index contributed by atoms with van der Waals surface area (Å²) >= 11 is 1.10. The normalized spacial score (nSPS) is 12.0. The number of aromatic nitrogens is 1. The number of hydrogen-bond acceptors (Lipinski definition) is 4. The number of nitrogens with zero attached hydrogens (tertiary/aromatic N) is 1. The number of carboxylic acid groups (broad SMARTS) is 1. The van der Waals surface area contributed by atoms with Crippen molar-refractivity contribution in [3.05, 3.63) is 51.0 Å². The third-order valence-corrected chi connectivity index (χ3v) is 4.70. The van der Waals surface area contributed by atoms with Gasteiger partial charge in [-0.05, 0) is 31.9 Å². The quantitative estimate of drug-likeness (QED) is 0.887. The molecule has 2 N–H and O–H groups in total. The molecule has 2 rings (SSSR count). The third-order valence-electron chi connectivity index (χ3n) is 3.37. The van der Waals surface area contributed by atoms with Gasteiger partial charge in [-0.1, -0.05) is 25.1 Å². The second-order valence-electron chi connectivity index (χ2n) is 4.98. The lowest BCUT2D eigenvalue weighted by atomic mass is 10.0. The highest BCUT2D eigenvalue weighted by Crippen LogP contribution is 2.24. The van der Waals surface area contributed by atoms with Crippen LogP contribution in [0.1, 0.15) is 56.2 Å². The summed E-state index contributed by atoms with van der Waals surface area (Å²) < 4.78 is 0. The van der Waals surface area contributed by atoms with Crippen LogP contribution in [0.25, 0.3) is 0 Å². The molecule has 116 valence electrons. The van der Waals surface area contributed by atoms with Crippen LogP contribution in [0.15, 0.2) is 24.3 Å². The molecule has 0 bridgehead atoms. The third kappa shape index (κ3) is 3.33. The van der Waals surface area contributed by atoms with Crippen LogP contribution in [-0.2, 0) is 6.42 Å². The van der Waals surface area contributed by atoms with Crippen molar-refractivity contribution >= 4 is 23.2 Å². The van der Waals surface area contributed by atoms with Crippen LogP contribution >= 0.6 is 11.3 Å². The highest BCUT2D eigenvalue weighted by molar-refractivity contribution is 7.13. The molecule has 1 aromatic carbocycles. The van der Waals surface area contributed by atoms with Gasteiger partial charge in [-0.2, -0.15) is 0 Å². The molecule has 22 heavy (non-hydrogen) atoms. The molecule has 0 fully saturated rings. The topological polar surface area (TPSA) is 79.3 Å². The van der Waals surface area contributed by atoms with Gasteiger partial charge in [0.25, 0.3) is 5.91 Å². The molecule has 0 saturated carbocycles. The predicted molar refractivity (Wildman–Crippen MR) is 85.5 cm³/mol. The minimum absolute atomic E-state index is 0.172. The first kappa shape index (κ1) is 16.2. The zero-order valence-corrected chi connectivity index (χ0v) is 13.5. The minimum atomic E-state index is -0.990. The van der Waals surface area contributed by atoms with Crippen molar-refractivity contribution in [3.8, 4) is 0 Å². The number of carbonyl (C=O) groups is 2. The standard InChI is InChI=1S/C16H18N2O3S/c1-4-11-7-5-6-8-12(11)14(19)17-10(3)15-18-9(2)13(22-15)16(20)21/h5-8,10H,4H2,1-3H3,(H,17,19)(H,20,21). The van der Waals surface area contributed by atoms with Gasteiger partial charge in [0.05, 0.1) is 11.7 Å². The van der Waals surface area contributed by atoms with E-state index in [4.69, 9.17) is 5.11 Å². The van der Waals surface area contributed by atoms with Gasteiger partial charge < -0.3 is 10.4 Å². The van der Waals surface area contributed by atoms with Gasteiger partial charge >= 0.3 is 5.97 Å². The fourth-order valence-electron chi connectivity index (χ4n) is 2.19. The molecule has 1 aromatic heterocycles. The largest absolute Gasteiger partial charge is 0.477 e. The number of aryl methyl sites for hydroxylation is 2. The van der Waals surface area contributed by atoms with Crippen molar-refractivity contribution in [2.45, 2.75) is 33.2 Å². The molecule has 0 radical (unpaired) electrons. The smallest absolute Gasteiger partial charge is 0.347 e. The van der Waals surface area contributed by atoms with Crippen LogP contribution < -0.4 is 5.32 Å². The Morgan fingerprint density at radius 2 is 2.05 bits per heavy atom. The fraction of sp³-hybridized carbons (Fsp3) is 0.312. The molecule has 0 aliphatic carbocycles. The van der Waals surface area contributed by atoms with E-state index in [0.29, 0.717) is 16.3 Å². The Balaban J connectivity index is 2.18. The number of benzene rings is 1. The van der Waals surface area contributed by atoms with Gasteiger partial charge in [0, 0.05) is 5.56 Å². The molecule has 1 atom stereocenters. The first-order chi connectivity index (χ1) is 10.4. The Kier molecular flexibility index (Phi) is 4.92. The van der Waals surface area contributed by atoms with Crippen LogP contribution in [0.4, 0.5) is 0 Å². The first-order valence-electron chi connectivity index (χ1n) is 7.03. The van der Waals surface area contributed by atoms with Crippen LogP contribution in [0.2, 0.25) is 0 Å². The second kappa shape index (κ2) is 6.70. The van der Waals surface area contributed by atoms with E-state index in [-0.39, 0.29) is 16.8 Å². The van der Waals surface area contributed by atoms with Gasteiger partial charge in [-0.3, -0.25) is 4.79 Å². The maximum Gasteiger partial charge on any atom is 0.347 e. The van der Waals surface area contributed by atoms with Crippen molar-refractivity contribution in [2.75, 3.05) is 0 Å². The van der Waals surface area contributed by atoms with Crippen LogP contribution in [0, 0.1) is 6.92 Å². The molecule has 0 aliphatic heterocycles. The van der Waals surface area contributed by atoms with Gasteiger partial charge in [-0.25, -0.2) is 9.78 Å². The monoisotopic (exact) mass is 318 g/mol. The maximum absolute atomic E-state index is 12.4. The Bertz CT molecular complexity index is 709. The molecule has 1 amide bonds. The number of aromatic carboxylic acids is 1. The van der Waals surface area contributed by atoms with Gasteiger partial charge in [0.2, 0.25) is 0 Å². The minimum Gasteiger partial charge on any atom is -0.477 e. The number of nitrogens with one attached hydrogen (secondary N) is 1. The molecule has 2 aromatic rings. The van der Waals surface area contributed by atoms with Crippen molar-refractivity contribution in [3.63, 3.8) is 0 Å². The number of rotatable bonds is 5. The van der Waals surface area contributed by atoms with Crippen LogP contribution in [0.3, 0.4) is 0 Å². The Hall–Kier alpha value is -2.21. The van der Waals surface area contributed by atoms with Crippen molar-refractivity contribution in [1.82, 2.24) is 10.3 Å². The summed E-state index contributed by atoms with van der Waals surface area (Å²) in [5.74, 6) is -1.16. The van der Waals surface area contributed by atoms with Crippen molar-refractivity contribution in [1.29, 1.82) is 0 Å². The predicted octanol–water partition coefficient (Wildman–Crippen LogP) is 3.20. The van der Waals surface area contributed by atoms with E-state index < -0.39 is 5.97 Å². The van der Waals surface area contributed by atoms with Gasteiger partial charge in [0.1, 0.15) is 9.88 Å². The van der Waals surface area contributed by atoms with Gasteiger partial charge in [0.15, 0.2) is 0 Å². The Morgan fingerprint density at radius 3 is 2.64 bits per heavy atom. The van der Waals surface area contributed by atoms with E-state index in [1.165, 1.54) is 0 Å². The zero-order chi connectivity index (χ0) is 16.3. The van der Waals surface area contributed by atoms with E-state index in [9.17, 15) is 9.59 Å². The highest BCUT2D eigenvalue weighted by Gasteiger charge is 2.20. The second-order valence-corrected chi connectivity index (χ2v) is 6.01. The number of carboxylic acids is 1. The average molecular weight is 318 g/mol. The van der Waals surface area contributed by atoms with E-state index in [1.54, 1.807) is 19.9 Å². The van der Waals surface area contributed by atoms with Gasteiger partial charge in [-0.15, -0.1) is 11.3 Å². The summed E-state index contributed by atoms with van der Waals surface area (Å²) in [5.41, 5.74) is 2.10. The Labute approximate surface area is 133 Å². The zero-order valence-electron chi connectivity index (χ0n) is 12.7. The molecule has 0 saturated heterocycles. The number of hydrogen-bond donors (Lipinski definition) is 2. The summed E-state index contributed by atoms with van der Waals surface area (Å²) in [4.78, 5) is 27.9. The average Bonchev–Trinajstić information content (AvgIpc) is 2.89. The number of carbonyl (C=O) groups excluding carboxylic acids is 1. The lowest BCUT2D eigenvalue weighted by Gasteiger charge is -2.13. The molecular weight excluding hydrogens is 300 g/mol. The van der Waals surface area contributed by atoms with E-state index in [0.717, 1.165) is 23.3 Å². The number of amides is 1. The fourth-order valence-corrected chi connectivity index (χ4v) is 3.10. The molecule has 0 spiro atoms. The molecule has 1 unspecified atom stereocenters. The highest BCUT2D eigenvalue weighted by atomic mass is 32.1. The van der Waals surface area contributed by atoms with E-state index in [2.05, 4.69) is 10.3 Å². The summed E-state index contributed by atoms with van der Waals surface area (Å²) in [7, 11) is 0. The maximum atomic E-state index is 12.4. The summed E-state index contributed by atoms with van der Waals surface area (Å²) in [6.45, 7) is 5.46. The first-order valence-corrected chi connectivity index (χ1v) is 7.85. The summed E-state index contributed by atoms with van der Waals surface area (Å²) in [5, 5.41) is 12.5.